The van der Waals surface area contributed by atoms with Gasteiger partial charge in [-0.15, -0.1) is 0 Å². The van der Waals surface area contributed by atoms with Gasteiger partial charge in [0.2, 0.25) is 0 Å². The number of amides is 2. The van der Waals surface area contributed by atoms with E-state index in [1.54, 1.807) is 32.8 Å². The van der Waals surface area contributed by atoms with Crippen LogP contribution in [0.2, 0.25) is 5.02 Å². The molecule has 11 nitrogen and oxygen atoms in total. The number of piperazine rings is 1. The molecule has 0 radical (unpaired) electrons. The normalized spacial score (nSPS) is 16.6. The number of ether oxygens (including phenoxy) is 1. The molecule has 6 rings (SSSR count). The number of nitrogen functional groups attached to an aromatic ring is 1. The van der Waals surface area contributed by atoms with E-state index in [4.69, 9.17) is 22.1 Å². The van der Waals surface area contributed by atoms with Gasteiger partial charge in [0.1, 0.15) is 0 Å². The number of carbonyl (C=O) groups excluding carboxylic acids is 2. The highest BCUT2D eigenvalue weighted by Gasteiger charge is 2.34. The molecule has 2 aliphatic rings. The van der Waals surface area contributed by atoms with Crippen molar-refractivity contribution in [1.29, 1.82) is 0 Å². The number of likely N-dealkylation sites (tertiary alicyclic amines) is 1. The Labute approximate surface area is 266 Å². The Morgan fingerprint density at radius 2 is 1.73 bits per heavy atom. The number of para-hydroxylation sites is 2. The van der Waals surface area contributed by atoms with Crippen molar-refractivity contribution < 1.29 is 14.3 Å². The van der Waals surface area contributed by atoms with Gasteiger partial charge in [-0.1, -0.05) is 36.7 Å². The van der Waals surface area contributed by atoms with Crippen molar-refractivity contribution in [3.05, 3.63) is 87.6 Å². The van der Waals surface area contributed by atoms with Crippen molar-refractivity contribution in [3.63, 3.8) is 0 Å². The topological polar surface area (TPSA) is 130 Å². The highest BCUT2D eigenvalue weighted by atomic mass is 35.5. The molecule has 2 amide bonds. The maximum absolute atomic E-state index is 13.9. The van der Waals surface area contributed by atoms with Crippen molar-refractivity contribution in [3.8, 4) is 0 Å². The summed E-state index contributed by atoms with van der Waals surface area (Å²) in [4.78, 5) is 52.8. The summed E-state index contributed by atoms with van der Waals surface area (Å²) in [5.41, 5.74) is 10.9. The predicted molar refractivity (Wildman–Crippen MR) is 175 cm³/mol. The van der Waals surface area contributed by atoms with Gasteiger partial charge in [0, 0.05) is 69.8 Å². The number of carbonyl (C=O) groups is 2. The summed E-state index contributed by atoms with van der Waals surface area (Å²) in [5, 5.41) is 0.419. The number of piperidine rings is 1. The lowest BCUT2D eigenvalue weighted by Gasteiger charge is -2.38. The van der Waals surface area contributed by atoms with Crippen LogP contribution in [0.1, 0.15) is 36.9 Å². The number of nitrogens with two attached hydrogens (primary N) is 1. The first-order chi connectivity index (χ1) is 21.8. The molecule has 12 heteroatoms. The van der Waals surface area contributed by atoms with Gasteiger partial charge in [0.05, 0.1) is 21.7 Å². The summed E-state index contributed by atoms with van der Waals surface area (Å²) in [7, 11) is 0. The quantitative estimate of drug-likeness (QED) is 0.292. The molecule has 1 atom stereocenters. The summed E-state index contributed by atoms with van der Waals surface area (Å²) in [5.74, 6) is -0.232. The summed E-state index contributed by atoms with van der Waals surface area (Å²) >= 11 is 6.44. The maximum atomic E-state index is 13.9. The van der Waals surface area contributed by atoms with Crippen LogP contribution in [-0.4, -0.2) is 81.7 Å². The molecule has 2 fully saturated rings. The second kappa shape index (κ2) is 13.2. The molecule has 0 aliphatic carbocycles. The zero-order chi connectivity index (χ0) is 31.5. The average Bonchev–Trinajstić information content (AvgIpc) is 3.41. The number of hydrogen-bond acceptors (Lipinski definition) is 7. The molecular formula is C33H38ClN7O4. The van der Waals surface area contributed by atoms with Crippen LogP contribution < -0.4 is 16.3 Å². The molecule has 2 aliphatic heterocycles. The van der Waals surface area contributed by atoms with E-state index in [0.717, 1.165) is 27.8 Å². The molecule has 2 saturated heterocycles. The van der Waals surface area contributed by atoms with Crippen molar-refractivity contribution >= 4 is 46.0 Å². The number of fused-ring (bicyclic) bond motifs is 1. The van der Waals surface area contributed by atoms with Crippen LogP contribution >= 0.6 is 11.6 Å². The molecule has 0 unspecified atom stereocenters. The fourth-order valence-electron chi connectivity index (χ4n) is 6.42. The molecule has 4 aromatic rings. The van der Waals surface area contributed by atoms with E-state index in [0.29, 0.717) is 69.2 Å². The fourth-order valence-corrected chi connectivity index (χ4v) is 6.69. The number of aromatic amines is 1. The molecule has 45 heavy (non-hydrogen) atoms. The number of imidazole rings is 1. The third-order valence-electron chi connectivity index (χ3n) is 8.93. The Hall–Kier alpha value is -4.51. The number of pyridine rings is 1. The number of rotatable bonds is 7. The molecule has 2 aromatic heterocycles. The molecule has 0 saturated carbocycles. The number of nitrogens with one attached hydrogen (secondary N) is 1. The van der Waals surface area contributed by atoms with Crippen LogP contribution in [0.3, 0.4) is 0 Å². The van der Waals surface area contributed by atoms with Crippen LogP contribution in [0.25, 0.3) is 11.0 Å². The van der Waals surface area contributed by atoms with Gasteiger partial charge in [-0.3, -0.25) is 14.3 Å². The second-order valence-electron chi connectivity index (χ2n) is 11.6. The minimum Gasteiger partial charge on any atom is -0.436 e. The van der Waals surface area contributed by atoms with E-state index in [1.165, 1.54) is 0 Å². The lowest BCUT2D eigenvalue weighted by molar-refractivity contribution is -0.141. The summed E-state index contributed by atoms with van der Waals surface area (Å²) in [6, 6.07) is 15.1. The first kappa shape index (κ1) is 30.5. The summed E-state index contributed by atoms with van der Waals surface area (Å²) in [6.45, 7) is 5.13. The molecule has 2 aromatic carbocycles. The minimum absolute atomic E-state index is 0.0452. The van der Waals surface area contributed by atoms with E-state index in [1.807, 2.05) is 49.4 Å². The number of aromatic nitrogens is 3. The van der Waals surface area contributed by atoms with E-state index in [2.05, 4.69) is 14.9 Å². The van der Waals surface area contributed by atoms with Crippen molar-refractivity contribution in [2.75, 3.05) is 49.9 Å². The number of nitrogens with zero attached hydrogens (tertiary/aromatic N) is 5. The smallest absolute Gasteiger partial charge is 0.410 e. The zero-order valence-corrected chi connectivity index (χ0v) is 26.1. The maximum Gasteiger partial charge on any atom is 0.410 e. The number of H-pyrrole nitrogens is 1. The monoisotopic (exact) mass is 631 g/mol. The lowest BCUT2D eigenvalue weighted by Crippen LogP contribution is -2.53. The van der Waals surface area contributed by atoms with E-state index < -0.39 is 12.2 Å². The third-order valence-corrected chi connectivity index (χ3v) is 9.24. The third kappa shape index (κ3) is 6.49. The number of benzene rings is 2. The number of hydrogen-bond donors (Lipinski definition) is 2. The Bertz CT molecular complexity index is 1720. The predicted octanol–water partition coefficient (Wildman–Crippen LogP) is 4.26. The summed E-state index contributed by atoms with van der Waals surface area (Å²) in [6.07, 6.45) is 4.01. The van der Waals surface area contributed by atoms with Crippen molar-refractivity contribution in [2.24, 2.45) is 0 Å². The van der Waals surface area contributed by atoms with Crippen LogP contribution in [0.4, 0.5) is 16.2 Å². The van der Waals surface area contributed by atoms with Gasteiger partial charge in [-0.05, 0) is 60.7 Å². The van der Waals surface area contributed by atoms with Crippen LogP contribution in [0.5, 0.6) is 0 Å². The number of halogens is 1. The first-order valence-electron chi connectivity index (χ1n) is 15.5. The van der Waals surface area contributed by atoms with Gasteiger partial charge < -0.3 is 30.2 Å². The van der Waals surface area contributed by atoms with Gasteiger partial charge in [0.15, 0.2) is 6.10 Å². The number of aryl methyl sites for hydroxylation is 1. The highest BCUT2D eigenvalue weighted by molar-refractivity contribution is 6.33. The Kier molecular flexibility index (Phi) is 8.97. The van der Waals surface area contributed by atoms with Crippen LogP contribution in [-0.2, 0) is 22.4 Å². The van der Waals surface area contributed by atoms with Gasteiger partial charge in [-0.25, -0.2) is 9.59 Å². The minimum atomic E-state index is -1.02. The zero-order valence-electron chi connectivity index (χ0n) is 25.3. The molecule has 4 heterocycles. The summed E-state index contributed by atoms with van der Waals surface area (Å²) < 4.78 is 7.79. The Balaban J connectivity index is 1.15. The van der Waals surface area contributed by atoms with E-state index in [9.17, 15) is 14.4 Å². The van der Waals surface area contributed by atoms with Crippen LogP contribution in [0, 0.1) is 0 Å². The molecule has 0 bridgehead atoms. The van der Waals surface area contributed by atoms with Gasteiger partial charge in [0.25, 0.3) is 5.91 Å². The van der Waals surface area contributed by atoms with E-state index in [-0.39, 0.29) is 24.1 Å². The van der Waals surface area contributed by atoms with Gasteiger partial charge >= 0.3 is 11.8 Å². The molecule has 236 valence electrons. The average molecular weight is 632 g/mol. The van der Waals surface area contributed by atoms with Crippen LogP contribution in [0.15, 0.2) is 65.7 Å². The SMILES string of the molecule is CCc1cc(C[C@@H](OC(=O)N2CCC(n3c(=O)[nH]c4ccccc43)CC2)C(=O)N2CCN(c3ccncc3)CC2)cc(Cl)c1N. The lowest BCUT2D eigenvalue weighted by atomic mass is 10.0. The Morgan fingerprint density at radius 1 is 1.02 bits per heavy atom. The van der Waals surface area contributed by atoms with Crippen molar-refractivity contribution in [1.82, 2.24) is 24.3 Å². The fraction of sp³-hybridized carbons (Fsp3) is 0.394. The van der Waals surface area contributed by atoms with E-state index >= 15 is 0 Å². The van der Waals surface area contributed by atoms with Crippen molar-refractivity contribution in [2.45, 2.75) is 44.8 Å². The largest absolute Gasteiger partial charge is 0.436 e. The second-order valence-corrected chi connectivity index (χ2v) is 12.0. The molecule has 3 N–H and O–H groups in total. The molecule has 0 spiro atoms. The van der Waals surface area contributed by atoms with Gasteiger partial charge in [-0.2, -0.15) is 0 Å². The Morgan fingerprint density at radius 3 is 2.44 bits per heavy atom. The number of anilines is 2. The highest BCUT2D eigenvalue weighted by Crippen LogP contribution is 2.28. The molecular weight excluding hydrogens is 594 g/mol. The first-order valence-corrected chi connectivity index (χ1v) is 15.9. The standard InChI is InChI=1S/C33H38ClN7O4/c1-2-23-19-22(20-26(34)30(23)35)21-29(31(42)39-17-15-38(16-18-39)24-7-11-36-12-8-24)45-33(44)40-13-9-25(10-14-40)41-28-6-4-3-5-27(28)37-32(41)43/h3-8,11-12,19-20,25,29H,2,9-10,13-18,21,35H2,1H3,(H,37,43)/t29-/m1/s1.